The van der Waals surface area contributed by atoms with Gasteiger partial charge in [-0.3, -0.25) is 19.8 Å². The summed E-state index contributed by atoms with van der Waals surface area (Å²) in [5, 5.41) is 2.35. The molecule has 0 spiro atoms. The van der Waals surface area contributed by atoms with Crippen LogP contribution in [-0.4, -0.2) is 40.3 Å². The third kappa shape index (κ3) is 3.00. The van der Waals surface area contributed by atoms with Crippen molar-refractivity contribution in [1.29, 1.82) is 0 Å². The first-order valence-corrected chi connectivity index (χ1v) is 8.29. The molecule has 112 valence electrons. The molecule has 4 amide bonds. The van der Waals surface area contributed by atoms with Crippen LogP contribution in [0.1, 0.15) is 39.5 Å². The zero-order valence-electron chi connectivity index (χ0n) is 12.3. The highest BCUT2D eigenvalue weighted by molar-refractivity contribution is 7.99. The maximum absolute atomic E-state index is 12.6. The Morgan fingerprint density at radius 2 is 1.85 bits per heavy atom. The predicted octanol–water partition coefficient (Wildman–Crippen LogP) is 2.01. The lowest BCUT2D eigenvalue weighted by molar-refractivity contribution is -0.145. The van der Waals surface area contributed by atoms with Crippen LogP contribution in [0.2, 0.25) is 0 Å². The molecule has 1 aliphatic carbocycles. The first-order valence-electron chi connectivity index (χ1n) is 7.07. The van der Waals surface area contributed by atoms with Gasteiger partial charge in [0.05, 0.1) is 0 Å². The van der Waals surface area contributed by atoms with Crippen LogP contribution in [0.5, 0.6) is 0 Å². The first kappa shape index (κ1) is 15.4. The van der Waals surface area contributed by atoms with Gasteiger partial charge >= 0.3 is 6.03 Å². The molecule has 1 heterocycles. The second-order valence-electron chi connectivity index (χ2n) is 6.20. The average Bonchev–Trinajstić information content (AvgIpc) is 2.88. The van der Waals surface area contributed by atoms with Crippen molar-refractivity contribution in [3.05, 3.63) is 0 Å². The van der Waals surface area contributed by atoms with E-state index in [1.807, 2.05) is 20.1 Å². The molecule has 0 bridgehead atoms. The lowest BCUT2D eigenvalue weighted by Gasteiger charge is -2.36. The van der Waals surface area contributed by atoms with Gasteiger partial charge in [0.15, 0.2) is 0 Å². The van der Waals surface area contributed by atoms with Crippen LogP contribution in [0.15, 0.2) is 0 Å². The number of urea groups is 1. The summed E-state index contributed by atoms with van der Waals surface area (Å²) in [6, 6.07) is -0.573. The highest BCUT2D eigenvalue weighted by Gasteiger charge is 2.46. The average molecular weight is 298 g/mol. The summed E-state index contributed by atoms with van der Waals surface area (Å²) in [5.74, 6) is -1.30. The molecular formula is C14H22N2O3S. The SMILES string of the molecule is CSC(C)(C)CN1C(=O)NC(=O)C(C2CCCC2)C1=O. The zero-order valence-corrected chi connectivity index (χ0v) is 13.1. The van der Waals surface area contributed by atoms with Gasteiger partial charge in [-0.2, -0.15) is 11.8 Å². The Balaban J connectivity index is 2.17. The number of hydrogen-bond donors (Lipinski definition) is 1. The van der Waals surface area contributed by atoms with Crippen molar-refractivity contribution in [2.45, 2.75) is 44.3 Å². The predicted molar refractivity (Wildman–Crippen MR) is 78.3 cm³/mol. The van der Waals surface area contributed by atoms with Gasteiger partial charge in [-0.1, -0.05) is 12.8 Å². The largest absolute Gasteiger partial charge is 0.330 e. The topological polar surface area (TPSA) is 66.5 Å². The molecule has 2 rings (SSSR count). The van der Waals surface area contributed by atoms with E-state index in [4.69, 9.17) is 0 Å². The van der Waals surface area contributed by atoms with E-state index in [1.165, 1.54) is 4.90 Å². The Morgan fingerprint density at radius 1 is 1.25 bits per heavy atom. The van der Waals surface area contributed by atoms with Gasteiger partial charge in [-0.15, -0.1) is 0 Å². The second kappa shape index (κ2) is 5.76. The Hall–Kier alpha value is -1.04. The van der Waals surface area contributed by atoms with Crippen LogP contribution in [0, 0.1) is 11.8 Å². The Bertz CT molecular complexity index is 430. The summed E-state index contributed by atoms with van der Waals surface area (Å²) < 4.78 is -0.215. The lowest BCUT2D eigenvalue weighted by Crippen LogP contribution is -2.61. The standard InChI is InChI=1S/C14H22N2O3S/c1-14(2,20-3)8-16-12(18)10(9-6-4-5-7-9)11(17)15-13(16)19/h9-10H,4-8H2,1-3H3,(H,15,17,19). The molecule has 6 heteroatoms. The molecule has 1 aliphatic heterocycles. The molecule has 0 aromatic carbocycles. The summed E-state index contributed by atoms with van der Waals surface area (Å²) in [6.45, 7) is 4.30. The van der Waals surface area contributed by atoms with Crippen LogP contribution in [0.4, 0.5) is 4.79 Å². The number of amides is 4. The van der Waals surface area contributed by atoms with Crippen LogP contribution in [0.25, 0.3) is 0 Å². The Morgan fingerprint density at radius 3 is 2.40 bits per heavy atom. The van der Waals surface area contributed by atoms with Gasteiger partial charge in [0, 0.05) is 11.3 Å². The van der Waals surface area contributed by atoms with Crippen LogP contribution < -0.4 is 5.32 Å². The summed E-state index contributed by atoms with van der Waals surface area (Å²) in [4.78, 5) is 37.7. The Labute approximate surface area is 123 Å². The van der Waals surface area contributed by atoms with Gasteiger partial charge < -0.3 is 0 Å². The van der Waals surface area contributed by atoms with Gasteiger partial charge in [0.1, 0.15) is 5.92 Å². The molecule has 2 aliphatic rings. The summed E-state index contributed by atoms with van der Waals surface area (Å²) in [7, 11) is 0. The Kier molecular flexibility index (Phi) is 4.42. The molecule has 1 N–H and O–H groups in total. The highest BCUT2D eigenvalue weighted by atomic mass is 32.2. The van der Waals surface area contributed by atoms with E-state index >= 15 is 0 Å². The minimum absolute atomic E-state index is 0.0930. The van der Waals surface area contributed by atoms with Gasteiger partial charge in [0.2, 0.25) is 11.8 Å². The number of carbonyl (C=O) groups is 3. The number of hydrogen-bond acceptors (Lipinski definition) is 4. The van der Waals surface area contributed by atoms with Crippen molar-refractivity contribution in [2.75, 3.05) is 12.8 Å². The molecule has 0 radical (unpaired) electrons. The minimum Gasteiger partial charge on any atom is -0.277 e. The molecule has 2 fully saturated rings. The van der Waals surface area contributed by atoms with Gasteiger partial charge in [-0.25, -0.2) is 4.79 Å². The maximum Gasteiger partial charge on any atom is 0.330 e. The molecular weight excluding hydrogens is 276 g/mol. The van der Waals surface area contributed by atoms with E-state index in [1.54, 1.807) is 11.8 Å². The van der Waals surface area contributed by atoms with E-state index < -0.39 is 17.9 Å². The quantitative estimate of drug-likeness (QED) is 0.806. The number of nitrogens with zero attached hydrogens (tertiary/aromatic N) is 1. The fourth-order valence-electron chi connectivity index (χ4n) is 2.93. The van der Waals surface area contributed by atoms with Crippen molar-refractivity contribution < 1.29 is 14.4 Å². The van der Waals surface area contributed by atoms with Gasteiger partial charge in [-0.05, 0) is 38.9 Å². The van der Waals surface area contributed by atoms with Crippen LogP contribution in [-0.2, 0) is 9.59 Å². The highest BCUT2D eigenvalue weighted by Crippen LogP contribution is 2.34. The third-order valence-corrected chi connectivity index (χ3v) is 5.49. The smallest absolute Gasteiger partial charge is 0.277 e. The summed E-state index contributed by atoms with van der Waals surface area (Å²) in [5.41, 5.74) is 0. The van der Waals surface area contributed by atoms with E-state index in [-0.39, 0.29) is 16.6 Å². The normalized spacial score (nSPS) is 25.2. The first-order chi connectivity index (χ1) is 9.35. The number of imide groups is 2. The van der Waals surface area contributed by atoms with E-state index in [9.17, 15) is 14.4 Å². The molecule has 1 saturated carbocycles. The number of rotatable bonds is 4. The van der Waals surface area contributed by atoms with E-state index in [0.29, 0.717) is 6.54 Å². The fraction of sp³-hybridized carbons (Fsp3) is 0.786. The fourth-order valence-corrected chi connectivity index (χ4v) is 3.19. The van der Waals surface area contributed by atoms with Crippen molar-refractivity contribution in [2.24, 2.45) is 11.8 Å². The number of nitrogens with one attached hydrogen (secondary N) is 1. The summed E-state index contributed by atoms with van der Waals surface area (Å²) >= 11 is 1.60. The monoisotopic (exact) mass is 298 g/mol. The molecule has 1 atom stereocenters. The molecule has 1 unspecified atom stereocenters. The molecule has 1 saturated heterocycles. The lowest BCUT2D eigenvalue weighted by atomic mass is 9.87. The zero-order chi connectivity index (χ0) is 14.9. The van der Waals surface area contributed by atoms with E-state index in [0.717, 1.165) is 25.7 Å². The van der Waals surface area contributed by atoms with Crippen molar-refractivity contribution >= 4 is 29.6 Å². The van der Waals surface area contributed by atoms with Crippen LogP contribution in [0.3, 0.4) is 0 Å². The molecule has 0 aromatic heterocycles. The van der Waals surface area contributed by atoms with Gasteiger partial charge in [0.25, 0.3) is 0 Å². The number of carbonyl (C=O) groups excluding carboxylic acids is 3. The van der Waals surface area contributed by atoms with Crippen molar-refractivity contribution in [3.8, 4) is 0 Å². The second-order valence-corrected chi connectivity index (χ2v) is 7.72. The van der Waals surface area contributed by atoms with Crippen molar-refractivity contribution in [3.63, 3.8) is 0 Å². The molecule has 0 aromatic rings. The minimum atomic E-state index is -0.673. The van der Waals surface area contributed by atoms with E-state index in [2.05, 4.69) is 5.32 Å². The van der Waals surface area contributed by atoms with Crippen molar-refractivity contribution in [1.82, 2.24) is 10.2 Å². The third-order valence-electron chi connectivity index (χ3n) is 4.25. The van der Waals surface area contributed by atoms with Crippen LogP contribution >= 0.6 is 11.8 Å². The molecule has 5 nitrogen and oxygen atoms in total. The summed E-state index contributed by atoms with van der Waals surface area (Å²) in [6.07, 6.45) is 5.87. The number of barbiturate groups is 1. The number of thioether (sulfide) groups is 1. The molecule has 20 heavy (non-hydrogen) atoms. The maximum atomic E-state index is 12.6.